The summed E-state index contributed by atoms with van der Waals surface area (Å²) in [4.78, 5) is 4.44. The number of rotatable bonds is 9. The second-order valence-electron chi connectivity index (χ2n) is 7.97. The Morgan fingerprint density at radius 1 is 1.19 bits per heavy atom. The highest BCUT2D eigenvalue weighted by Gasteiger charge is 2.38. The van der Waals surface area contributed by atoms with Gasteiger partial charge in [-0.15, -0.1) is 24.0 Å². The third-order valence-electron chi connectivity index (χ3n) is 6.18. The van der Waals surface area contributed by atoms with Gasteiger partial charge in [0.25, 0.3) is 0 Å². The molecule has 0 aliphatic heterocycles. The van der Waals surface area contributed by atoms with Crippen molar-refractivity contribution < 1.29 is 4.74 Å². The zero-order chi connectivity index (χ0) is 18.2. The quantitative estimate of drug-likeness (QED) is 0.233. The summed E-state index contributed by atoms with van der Waals surface area (Å²) in [7, 11) is 1.87. The number of ether oxygens (including phenoxy) is 1. The molecule has 2 unspecified atom stereocenters. The summed E-state index contributed by atoms with van der Waals surface area (Å²) >= 11 is 0. The van der Waals surface area contributed by atoms with E-state index in [-0.39, 0.29) is 24.0 Å². The van der Waals surface area contributed by atoms with Crippen LogP contribution in [0.4, 0.5) is 0 Å². The highest BCUT2D eigenvalue weighted by Crippen LogP contribution is 2.46. The van der Waals surface area contributed by atoms with Gasteiger partial charge in [-0.05, 0) is 55.4 Å². The maximum absolute atomic E-state index is 5.62. The van der Waals surface area contributed by atoms with Crippen molar-refractivity contribution >= 4 is 29.9 Å². The first-order chi connectivity index (χ1) is 12.8. The van der Waals surface area contributed by atoms with Crippen LogP contribution in [-0.4, -0.2) is 39.3 Å². The second-order valence-corrected chi connectivity index (χ2v) is 7.97. The number of aliphatic imine (C=N–C) groups is 1. The molecule has 0 spiro atoms. The predicted molar refractivity (Wildman–Crippen MR) is 124 cm³/mol. The van der Waals surface area contributed by atoms with Crippen molar-refractivity contribution in [2.45, 2.75) is 51.4 Å². The van der Waals surface area contributed by atoms with Gasteiger partial charge < -0.3 is 15.4 Å². The monoisotopic (exact) mass is 485 g/mol. The molecule has 0 aromatic heterocycles. The van der Waals surface area contributed by atoms with E-state index in [0.717, 1.165) is 44.6 Å². The number of hydrogen-bond donors (Lipinski definition) is 2. The minimum atomic E-state index is 0. The number of halogens is 1. The summed E-state index contributed by atoms with van der Waals surface area (Å²) in [5, 5.41) is 7.15. The van der Waals surface area contributed by atoms with Crippen molar-refractivity contribution in [1.29, 1.82) is 0 Å². The molecule has 0 heterocycles. The van der Waals surface area contributed by atoms with Crippen LogP contribution in [0.15, 0.2) is 35.3 Å². The first-order valence-corrected chi connectivity index (χ1v) is 10.3. The molecule has 2 fully saturated rings. The summed E-state index contributed by atoms with van der Waals surface area (Å²) in [6.07, 6.45) is 7.75. The Morgan fingerprint density at radius 3 is 2.59 bits per heavy atom. The van der Waals surface area contributed by atoms with Crippen LogP contribution in [-0.2, 0) is 4.74 Å². The summed E-state index contributed by atoms with van der Waals surface area (Å²) in [5.41, 5.74) is 1.86. The average Bonchev–Trinajstić information content (AvgIpc) is 3.32. The molecule has 2 N–H and O–H groups in total. The molecule has 0 amide bonds. The fourth-order valence-electron chi connectivity index (χ4n) is 4.37. The van der Waals surface area contributed by atoms with Gasteiger partial charge in [0, 0.05) is 33.4 Å². The zero-order valence-corrected chi connectivity index (χ0v) is 19.2. The molecule has 0 saturated heterocycles. The second kappa shape index (κ2) is 11.2. The minimum absolute atomic E-state index is 0. The van der Waals surface area contributed by atoms with Crippen LogP contribution in [0.1, 0.15) is 56.9 Å². The highest BCUT2D eigenvalue weighted by atomic mass is 127. The van der Waals surface area contributed by atoms with Crippen molar-refractivity contribution in [2.75, 3.05) is 33.4 Å². The third kappa shape index (κ3) is 6.63. The summed E-state index contributed by atoms with van der Waals surface area (Å²) in [5.74, 6) is 2.40. The van der Waals surface area contributed by atoms with E-state index in [4.69, 9.17) is 4.74 Å². The standard InChI is InChI=1S/C22H35N3O.HI/c1-3-26-14-13-22(11-7-8-12-22)17-25-21(23-2)24-16-19-15-20(19)18-9-5-4-6-10-18;/h4-6,9-10,19-20H,3,7-8,11-17H2,1-2H3,(H2,23,24,25);1H. The maximum Gasteiger partial charge on any atom is 0.191 e. The van der Waals surface area contributed by atoms with E-state index in [1.807, 2.05) is 7.05 Å². The van der Waals surface area contributed by atoms with E-state index >= 15 is 0 Å². The van der Waals surface area contributed by atoms with Crippen LogP contribution >= 0.6 is 24.0 Å². The Balaban J connectivity index is 0.00000261. The molecule has 2 aliphatic carbocycles. The predicted octanol–water partition coefficient (Wildman–Crippen LogP) is 4.56. The topological polar surface area (TPSA) is 45.6 Å². The highest BCUT2D eigenvalue weighted by molar-refractivity contribution is 14.0. The zero-order valence-electron chi connectivity index (χ0n) is 16.9. The van der Waals surface area contributed by atoms with Crippen molar-refractivity contribution in [3.05, 3.63) is 35.9 Å². The van der Waals surface area contributed by atoms with Gasteiger partial charge in [-0.1, -0.05) is 43.2 Å². The van der Waals surface area contributed by atoms with Crippen LogP contribution in [0.5, 0.6) is 0 Å². The smallest absolute Gasteiger partial charge is 0.191 e. The lowest BCUT2D eigenvalue weighted by Crippen LogP contribution is -2.44. The molecule has 1 aromatic rings. The van der Waals surface area contributed by atoms with Gasteiger partial charge in [-0.25, -0.2) is 0 Å². The van der Waals surface area contributed by atoms with E-state index in [9.17, 15) is 0 Å². The average molecular weight is 485 g/mol. The normalized spacial score (nSPS) is 23.6. The molecule has 4 nitrogen and oxygen atoms in total. The van der Waals surface area contributed by atoms with Crippen LogP contribution in [0.25, 0.3) is 0 Å². The lowest BCUT2D eigenvalue weighted by molar-refractivity contribution is 0.105. The van der Waals surface area contributed by atoms with E-state index in [0.29, 0.717) is 11.3 Å². The van der Waals surface area contributed by atoms with E-state index in [1.165, 1.54) is 37.7 Å². The Kier molecular flexibility index (Phi) is 9.36. The first-order valence-electron chi connectivity index (χ1n) is 10.3. The van der Waals surface area contributed by atoms with E-state index in [2.05, 4.69) is 52.9 Å². The minimum Gasteiger partial charge on any atom is -0.382 e. The van der Waals surface area contributed by atoms with Crippen LogP contribution in [0.3, 0.4) is 0 Å². The number of benzene rings is 1. The van der Waals surface area contributed by atoms with Crippen molar-refractivity contribution in [1.82, 2.24) is 10.6 Å². The SMILES string of the molecule is CCOCCC1(CNC(=NC)NCC2CC2c2ccccc2)CCCC1.I. The molecular weight excluding hydrogens is 449 g/mol. The van der Waals surface area contributed by atoms with Gasteiger partial charge >= 0.3 is 0 Å². The fourth-order valence-corrected chi connectivity index (χ4v) is 4.37. The number of guanidine groups is 1. The van der Waals surface area contributed by atoms with Gasteiger partial charge in [-0.3, -0.25) is 4.99 Å². The van der Waals surface area contributed by atoms with E-state index < -0.39 is 0 Å². The lowest BCUT2D eigenvalue weighted by Gasteiger charge is -2.30. The molecule has 3 rings (SSSR count). The van der Waals surface area contributed by atoms with Crippen LogP contribution in [0.2, 0.25) is 0 Å². The molecule has 152 valence electrons. The summed E-state index contributed by atoms with van der Waals surface area (Å²) in [6.45, 7) is 5.78. The molecule has 2 atom stereocenters. The molecule has 0 radical (unpaired) electrons. The molecule has 5 heteroatoms. The number of nitrogens with zero attached hydrogens (tertiary/aromatic N) is 1. The Morgan fingerprint density at radius 2 is 1.93 bits per heavy atom. The molecule has 2 aliphatic rings. The fraction of sp³-hybridized carbons (Fsp3) is 0.682. The molecule has 2 saturated carbocycles. The van der Waals surface area contributed by atoms with Crippen LogP contribution < -0.4 is 10.6 Å². The number of hydrogen-bond acceptors (Lipinski definition) is 2. The Bertz CT molecular complexity index is 572. The molecule has 0 bridgehead atoms. The summed E-state index contributed by atoms with van der Waals surface area (Å²) in [6, 6.07) is 10.9. The van der Waals surface area contributed by atoms with Gasteiger partial charge in [0.15, 0.2) is 5.96 Å². The molecule has 1 aromatic carbocycles. The van der Waals surface area contributed by atoms with Gasteiger partial charge in [-0.2, -0.15) is 0 Å². The number of nitrogens with one attached hydrogen (secondary N) is 2. The third-order valence-corrected chi connectivity index (χ3v) is 6.18. The van der Waals surface area contributed by atoms with Gasteiger partial charge in [0.2, 0.25) is 0 Å². The summed E-state index contributed by atoms with van der Waals surface area (Å²) < 4.78 is 5.62. The van der Waals surface area contributed by atoms with Crippen molar-refractivity contribution in [3.63, 3.8) is 0 Å². The van der Waals surface area contributed by atoms with E-state index in [1.54, 1.807) is 0 Å². The Hall–Kier alpha value is -0.820. The Labute approximate surface area is 182 Å². The van der Waals surface area contributed by atoms with Crippen molar-refractivity contribution in [2.24, 2.45) is 16.3 Å². The molecular formula is C22H36IN3O. The maximum atomic E-state index is 5.62. The van der Waals surface area contributed by atoms with Gasteiger partial charge in [0.1, 0.15) is 0 Å². The molecule has 27 heavy (non-hydrogen) atoms. The van der Waals surface area contributed by atoms with Crippen LogP contribution in [0, 0.1) is 11.3 Å². The van der Waals surface area contributed by atoms with Gasteiger partial charge in [0.05, 0.1) is 0 Å². The van der Waals surface area contributed by atoms with Crippen molar-refractivity contribution in [3.8, 4) is 0 Å². The largest absolute Gasteiger partial charge is 0.382 e. The first kappa shape index (κ1) is 22.5. The lowest BCUT2D eigenvalue weighted by atomic mass is 9.83.